The largest absolute Gasteiger partial charge is 0.493 e. The van der Waals surface area contributed by atoms with Gasteiger partial charge in [0.25, 0.3) is 0 Å². The Morgan fingerprint density at radius 3 is 2.77 bits per heavy atom. The Bertz CT molecular complexity index is 1020. The molecule has 4 rings (SSSR count). The third-order valence-corrected chi connectivity index (χ3v) is 5.97. The van der Waals surface area contributed by atoms with Gasteiger partial charge in [0.2, 0.25) is 11.7 Å². The fraction of sp³-hybridized carbons (Fsp3) is 0.381. The molecule has 8 nitrogen and oxygen atoms in total. The number of benzene rings is 1. The zero-order chi connectivity index (χ0) is 21.1. The number of carbonyl (C=O) groups is 1. The van der Waals surface area contributed by atoms with Gasteiger partial charge in [-0.1, -0.05) is 5.16 Å². The summed E-state index contributed by atoms with van der Waals surface area (Å²) in [6.07, 6.45) is 1.02. The van der Waals surface area contributed by atoms with Crippen LogP contribution in [-0.2, 0) is 22.5 Å². The van der Waals surface area contributed by atoms with E-state index in [2.05, 4.69) is 15.0 Å². The molecule has 158 valence electrons. The molecule has 1 aromatic carbocycles. The third-order valence-electron chi connectivity index (χ3n) is 5.29. The van der Waals surface area contributed by atoms with Crippen LogP contribution in [0.4, 0.5) is 0 Å². The molecule has 3 aromatic rings. The zero-order valence-corrected chi connectivity index (χ0v) is 17.9. The van der Waals surface area contributed by atoms with E-state index in [0.29, 0.717) is 29.8 Å². The molecule has 3 heterocycles. The van der Waals surface area contributed by atoms with Crippen molar-refractivity contribution < 1.29 is 23.5 Å². The van der Waals surface area contributed by atoms with Crippen LogP contribution in [0.25, 0.3) is 11.4 Å². The molecule has 2 aromatic heterocycles. The third kappa shape index (κ3) is 4.03. The van der Waals surface area contributed by atoms with Crippen LogP contribution in [0.1, 0.15) is 29.5 Å². The Kier molecular flexibility index (Phi) is 6.01. The molecule has 0 radical (unpaired) electrons. The molecule has 1 atom stereocenters. The summed E-state index contributed by atoms with van der Waals surface area (Å²) in [6.45, 7) is 1.17. The quantitative estimate of drug-likeness (QED) is 0.528. The van der Waals surface area contributed by atoms with E-state index < -0.39 is 0 Å². The van der Waals surface area contributed by atoms with E-state index in [1.807, 2.05) is 29.0 Å². The maximum absolute atomic E-state index is 12.2. The first-order chi connectivity index (χ1) is 14.6. The number of rotatable bonds is 7. The van der Waals surface area contributed by atoms with E-state index >= 15 is 0 Å². The summed E-state index contributed by atoms with van der Waals surface area (Å²) < 4.78 is 21.3. The van der Waals surface area contributed by atoms with E-state index in [1.165, 1.54) is 7.11 Å². The highest BCUT2D eigenvalue weighted by Gasteiger charge is 2.32. The first-order valence-corrected chi connectivity index (χ1v) is 10.5. The van der Waals surface area contributed by atoms with Gasteiger partial charge in [0.1, 0.15) is 0 Å². The number of hydrogen-bond donors (Lipinski definition) is 0. The number of hydrogen-bond acceptors (Lipinski definition) is 9. The highest BCUT2D eigenvalue weighted by Crippen LogP contribution is 2.40. The van der Waals surface area contributed by atoms with E-state index in [9.17, 15) is 4.79 Å². The number of esters is 1. The number of fused-ring (bicyclic) bond motifs is 1. The summed E-state index contributed by atoms with van der Waals surface area (Å²) in [5.74, 6) is 2.11. The van der Waals surface area contributed by atoms with Gasteiger partial charge in [-0.25, -0.2) is 0 Å². The topological polar surface area (TPSA) is 86.9 Å². The Labute approximate surface area is 178 Å². The van der Waals surface area contributed by atoms with Crippen molar-refractivity contribution in [1.82, 2.24) is 15.0 Å². The van der Waals surface area contributed by atoms with Crippen molar-refractivity contribution in [2.24, 2.45) is 0 Å². The monoisotopic (exact) mass is 429 g/mol. The summed E-state index contributed by atoms with van der Waals surface area (Å²) in [4.78, 5) is 18.9. The molecule has 0 fully saturated rings. The molecular weight excluding hydrogens is 406 g/mol. The highest BCUT2D eigenvalue weighted by molar-refractivity contribution is 7.08. The van der Waals surface area contributed by atoms with Crippen LogP contribution >= 0.6 is 11.3 Å². The molecule has 9 heteroatoms. The summed E-state index contributed by atoms with van der Waals surface area (Å²) in [5.41, 5.74) is 3.08. The van der Waals surface area contributed by atoms with Crippen LogP contribution in [0.5, 0.6) is 11.5 Å². The molecule has 0 bridgehead atoms. The fourth-order valence-corrected chi connectivity index (χ4v) is 4.39. The second-order valence-electron chi connectivity index (χ2n) is 6.95. The van der Waals surface area contributed by atoms with Crippen LogP contribution in [0, 0.1) is 0 Å². The van der Waals surface area contributed by atoms with Crippen LogP contribution in [0.2, 0.25) is 0 Å². The lowest BCUT2D eigenvalue weighted by molar-refractivity contribution is -0.142. The Balaban J connectivity index is 1.63. The molecular formula is C21H23N3O5S. The maximum Gasteiger partial charge on any atom is 0.307 e. The van der Waals surface area contributed by atoms with Gasteiger partial charge in [0, 0.05) is 23.5 Å². The number of methoxy groups -OCH3 is 3. The number of carbonyl (C=O) groups excluding carboxylic acids is 1. The second-order valence-corrected chi connectivity index (χ2v) is 7.73. The molecule has 0 N–H and O–H groups in total. The Morgan fingerprint density at radius 2 is 2.07 bits per heavy atom. The van der Waals surface area contributed by atoms with Gasteiger partial charge in [-0.15, -0.1) is 0 Å². The van der Waals surface area contributed by atoms with Gasteiger partial charge >= 0.3 is 5.97 Å². The van der Waals surface area contributed by atoms with E-state index in [0.717, 1.165) is 29.7 Å². The van der Waals surface area contributed by atoms with Gasteiger partial charge in [0.05, 0.1) is 34.3 Å². The van der Waals surface area contributed by atoms with E-state index in [1.54, 1.807) is 25.6 Å². The van der Waals surface area contributed by atoms with Gasteiger partial charge in [-0.05, 0) is 41.1 Å². The average Bonchev–Trinajstić information content (AvgIpc) is 3.46. The molecule has 1 aliphatic heterocycles. The second kappa shape index (κ2) is 8.85. The van der Waals surface area contributed by atoms with Crippen molar-refractivity contribution in [3.63, 3.8) is 0 Å². The van der Waals surface area contributed by atoms with Crippen LogP contribution in [0.15, 0.2) is 33.5 Å². The maximum atomic E-state index is 12.2. The zero-order valence-electron chi connectivity index (χ0n) is 17.1. The van der Waals surface area contributed by atoms with Gasteiger partial charge < -0.3 is 18.7 Å². The lowest BCUT2D eigenvalue weighted by Crippen LogP contribution is -2.36. The van der Waals surface area contributed by atoms with Crippen molar-refractivity contribution in [2.75, 3.05) is 27.9 Å². The van der Waals surface area contributed by atoms with E-state index in [4.69, 9.17) is 18.7 Å². The number of ether oxygens (including phenoxy) is 3. The van der Waals surface area contributed by atoms with Gasteiger partial charge in [-0.2, -0.15) is 16.3 Å². The average molecular weight is 429 g/mol. The first kappa shape index (κ1) is 20.4. The molecule has 0 saturated heterocycles. The first-order valence-electron chi connectivity index (χ1n) is 9.53. The predicted molar refractivity (Wildman–Crippen MR) is 111 cm³/mol. The molecule has 1 aliphatic rings. The summed E-state index contributed by atoms with van der Waals surface area (Å²) in [5, 5.41) is 8.04. The normalized spacial score (nSPS) is 16.2. The Hall–Kier alpha value is -2.91. The summed E-state index contributed by atoms with van der Waals surface area (Å²) in [7, 11) is 4.62. The van der Waals surface area contributed by atoms with Crippen molar-refractivity contribution in [1.29, 1.82) is 0 Å². The molecule has 0 spiro atoms. The van der Waals surface area contributed by atoms with Crippen molar-refractivity contribution in [3.05, 3.63) is 46.0 Å². The molecule has 0 saturated carbocycles. The number of nitrogens with zero attached hydrogens (tertiary/aromatic N) is 3. The Morgan fingerprint density at radius 1 is 1.27 bits per heavy atom. The minimum atomic E-state index is -0.280. The van der Waals surface area contributed by atoms with Crippen LogP contribution < -0.4 is 9.47 Å². The molecule has 0 unspecified atom stereocenters. The van der Waals surface area contributed by atoms with Crippen molar-refractivity contribution in [3.8, 4) is 22.9 Å². The van der Waals surface area contributed by atoms with Crippen molar-refractivity contribution >= 4 is 17.3 Å². The molecule has 0 aliphatic carbocycles. The molecule has 0 amide bonds. The SMILES string of the molecule is COC(=O)C[C@H]1c2cc(OC)c(OC)cc2CCN1Cc1nc(-c2ccsc2)no1. The number of aromatic nitrogens is 2. The molecule has 30 heavy (non-hydrogen) atoms. The van der Waals surface area contributed by atoms with Crippen LogP contribution in [0.3, 0.4) is 0 Å². The summed E-state index contributed by atoms with van der Waals surface area (Å²) in [6, 6.07) is 5.68. The van der Waals surface area contributed by atoms with E-state index in [-0.39, 0.29) is 18.4 Å². The predicted octanol–water partition coefficient (Wildman–Crippen LogP) is 3.48. The van der Waals surface area contributed by atoms with Crippen molar-refractivity contribution in [2.45, 2.75) is 25.4 Å². The smallest absolute Gasteiger partial charge is 0.307 e. The number of thiophene rings is 1. The highest BCUT2D eigenvalue weighted by atomic mass is 32.1. The van der Waals surface area contributed by atoms with Crippen LogP contribution in [-0.4, -0.2) is 48.9 Å². The van der Waals surface area contributed by atoms with Gasteiger partial charge in [0.15, 0.2) is 11.5 Å². The minimum absolute atomic E-state index is 0.197. The lowest BCUT2D eigenvalue weighted by Gasteiger charge is -2.36. The van der Waals surface area contributed by atoms with Gasteiger partial charge in [-0.3, -0.25) is 9.69 Å². The summed E-state index contributed by atoms with van der Waals surface area (Å²) >= 11 is 1.58. The minimum Gasteiger partial charge on any atom is -0.493 e. The standard InChI is InChI=1S/C21H23N3O5S/c1-26-17-8-13-4-6-24(11-19-22-21(23-29-19)14-5-7-30-12-14)16(10-20(25)28-3)15(13)9-18(17)27-2/h5,7-9,12,16H,4,6,10-11H2,1-3H3/t16-/m0/s1. The fourth-order valence-electron chi connectivity index (χ4n) is 3.75. The lowest BCUT2D eigenvalue weighted by atomic mass is 9.90.